The van der Waals surface area contributed by atoms with Gasteiger partial charge in [0.25, 0.3) is 0 Å². The van der Waals surface area contributed by atoms with Crippen molar-refractivity contribution in [2.24, 2.45) is 0 Å². The lowest BCUT2D eigenvalue weighted by atomic mass is 10.2. The first-order valence-electron chi connectivity index (χ1n) is 8.39. The molecule has 0 atom stereocenters. The molecule has 0 saturated carbocycles. The summed E-state index contributed by atoms with van der Waals surface area (Å²) in [7, 11) is 1.36. The van der Waals surface area contributed by atoms with E-state index in [0.717, 1.165) is 21.3 Å². The van der Waals surface area contributed by atoms with Gasteiger partial charge in [-0.15, -0.1) is 11.3 Å². The average molecular weight is 396 g/mol. The van der Waals surface area contributed by atoms with E-state index in [1.54, 1.807) is 19.3 Å². The van der Waals surface area contributed by atoms with Gasteiger partial charge < -0.3 is 14.6 Å². The number of esters is 1. The molecule has 0 fully saturated rings. The SMILES string of the molecule is COC(=O)c1sc2nc(C)nc(NCc3nc(-c4ccncc4)no3)c2c1C. The van der Waals surface area contributed by atoms with Crippen molar-refractivity contribution in [3.8, 4) is 11.4 Å². The summed E-state index contributed by atoms with van der Waals surface area (Å²) in [4.78, 5) is 30.5. The van der Waals surface area contributed by atoms with Crippen LogP contribution >= 0.6 is 11.3 Å². The number of ether oxygens (including phenoxy) is 1. The van der Waals surface area contributed by atoms with Crippen LogP contribution < -0.4 is 5.32 Å². The first-order valence-corrected chi connectivity index (χ1v) is 9.21. The van der Waals surface area contributed by atoms with Gasteiger partial charge in [-0.25, -0.2) is 14.8 Å². The molecular formula is C18H16N6O3S. The maximum atomic E-state index is 12.0. The molecule has 0 aromatic carbocycles. The van der Waals surface area contributed by atoms with Crippen LogP contribution in [0.2, 0.25) is 0 Å². The quantitative estimate of drug-likeness (QED) is 0.508. The van der Waals surface area contributed by atoms with Crippen LogP contribution in [0.5, 0.6) is 0 Å². The zero-order chi connectivity index (χ0) is 19.7. The van der Waals surface area contributed by atoms with Gasteiger partial charge in [-0.3, -0.25) is 4.98 Å². The predicted molar refractivity (Wildman–Crippen MR) is 103 cm³/mol. The molecule has 0 aliphatic heterocycles. The number of hydrogen-bond acceptors (Lipinski definition) is 10. The Balaban J connectivity index is 1.62. The van der Waals surface area contributed by atoms with Crippen molar-refractivity contribution < 1.29 is 14.1 Å². The van der Waals surface area contributed by atoms with E-state index in [9.17, 15) is 4.79 Å². The zero-order valence-corrected chi connectivity index (χ0v) is 16.2. The number of hydrogen-bond donors (Lipinski definition) is 1. The van der Waals surface area contributed by atoms with Gasteiger partial charge in [0.2, 0.25) is 11.7 Å². The van der Waals surface area contributed by atoms with Crippen molar-refractivity contribution >= 4 is 33.3 Å². The highest BCUT2D eigenvalue weighted by Crippen LogP contribution is 2.34. The Hall–Kier alpha value is -3.40. The summed E-state index contributed by atoms with van der Waals surface area (Å²) in [5, 5.41) is 7.99. The molecule has 0 spiro atoms. The number of methoxy groups -OCH3 is 1. The van der Waals surface area contributed by atoms with Gasteiger partial charge in [-0.2, -0.15) is 4.98 Å². The topological polar surface area (TPSA) is 116 Å². The van der Waals surface area contributed by atoms with E-state index < -0.39 is 0 Å². The van der Waals surface area contributed by atoms with Crippen LogP contribution in [-0.2, 0) is 11.3 Å². The highest BCUT2D eigenvalue weighted by atomic mass is 32.1. The number of nitrogens with one attached hydrogen (secondary N) is 1. The van der Waals surface area contributed by atoms with E-state index in [1.165, 1.54) is 18.4 Å². The molecule has 0 aliphatic rings. The monoisotopic (exact) mass is 396 g/mol. The minimum absolute atomic E-state index is 0.284. The molecule has 10 heteroatoms. The molecule has 4 aromatic rings. The van der Waals surface area contributed by atoms with Crippen LogP contribution in [0, 0.1) is 13.8 Å². The van der Waals surface area contributed by atoms with Crippen LogP contribution in [0.1, 0.15) is 27.0 Å². The average Bonchev–Trinajstić information content (AvgIpc) is 3.31. The number of carbonyl (C=O) groups excluding carboxylic acids is 1. The van der Waals surface area contributed by atoms with Crippen molar-refractivity contribution in [1.82, 2.24) is 25.1 Å². The van der Waals surface area contributed by atoms with E-state index in [4.69, 9.17) is 9.26 Å². The summed E-state index contributed by atoms with van der Waals surface area (Å²) >= 11 is 1.28. The van der Waals surface area contributed by atoms with Gasteiger partial charge in [-0.1, -0.05) is 5.16 Å². The third-order valence-corrected chi connectivity index (χ3v) is 5.25. The molecule has 4 heterocycles. The zero-order valence-electron chi connectivity index (χ0n) is 15.4. The first kappa shape index (κ1) is 18.0. The number of aromatic nitrogens is 5. The Morgan fingerprint density at radius 2 is 2.00 bits per heavy atom. The highest BCUT2D eigenvalue weighted by Gasteiger charge is 2.20. The van der Waals surface area contributed by atoms with Gasteiger partial charge in [0, 0.05) is 18.0 Å². The number of carbonyl (C=O) groups is 1. The number of nitrogens with zero attached hydrogens (tertiary/aromatic N) is 5. The van der Waals surface area contributed by atoms with Gasteiger partial charge in [0.15, 0.2) is 0 Å². The Bertz CT molecular complexity index is 1160. The lowest BCUT2D eigenvalue weighted by Gasteiger charge is -2.06. The van der Waals surface area contributed by atoms with Crippen molar-refractivity contribution in [2.45, 2.75) is 20.4 Å². The van der Waals surface area contributed by atoms with E-state index in [0.29, 0.717) is 28.2 Å². The molecule has 0 amide bonds. The van der Waals surface area contributed by atoms with E-state index in [-0.39, 0.29) is 12.5 Å². The Morgan fingerprint density at radius 3 is 2.75 bits per heavy atom. The van der Waals surface area contributed by atoms with Gasteiger partial charge in [0.05, 0.1) is 19.0 Å². The summed E-state index contributed by atoms with van der Waals surface area (Å²) in [5.41, 5.74) is 1.60. The molecule has 142 valence electrons. The van der Waals surface area contributed by atoms with Gasteiger partial charge in [-0.05, 0) is 31.5 Å². The highest BCUT2D eigenvalue weighted by molar-refractivity contribution is 7.20. The van der Waals surface area contributed by atoms with E-state index in [2.05, 4.69) is 30.4 Å². The van der Waals surface area contributed by atoms with Crippen LogP contribution in [0.25, 0.3) is 21.6 Å². The normalized spacial score (nSPS) is 11.0. The number of fused-ring (bicyclic) bond motifs is 1. The van der Waals surface area contributed by atoms with Crippen molar-refractivity contribution in [1.29, 1.82) is 0 Å². The van der Waals surface area contributed by atoms with Gasteiger partial charge in [0.1, 0.15) is 21.3 Å². The minimum Gasteiger partial charge on any atom is -0.465 e. The standard InChI is InChI=1S/C18H16N6O3S/c1-9-13-16(21-10(2)22-17(13)28-14(9)18(25)26-3)20-8-12-23-15(24-27-12)11-4-6-19-7-5-11/h4-7H,8H2,1-3H3,(H,20,21,22). The molecule has 0 radical (unpaired) electrons. The molecule has 1 N–H and O–H groups in total. The van der Waals surface area contributed by atoms with E-state index in [1.807, 2.05) is 19.1 Å². The summed E-state index contributed by atoms with van der Waals surface area (Å²) in [6.07, 6.45) is 3.34. The number of thiophene rings is 1. The number of aryl methyl sites for hydroxylation is 2. The maximum absolute atomic E-state index is 12.0. The number of anilines is 1. The minimum atomic E-state index is -0.386. The third kappa shape index (κ3) is 3.29. The van der Waals surface area contributed by atoms with E-state index >= 15 is 0 Å². The summed E-state index contributed by atoms with van der Waals surface area (Å²) < 4.78 is 10.2. The third-order valence-electron chi connectivity index (χ3n) is 4.09. The van der Waals surface area contributed by atoms with Crippen LogP contribution in [0.3, 0.4) is 0 Å². The van der Waals surface area contributed by atoms with Gasteiger partial charge >= 0.3 is 5.97 Å². The van der Waals surface area contributed by atoms with Crippen LogP contribution in [-0.4, -0.2) is 38.2 Å². The van der Waals surface area contributed by atoms with Crippen molar-refractivity contribution in [3.63, 3.8) is 0 Å². The second-order valence-electron chi connectivity index (χ2n) is 5.95. The Morgan fingerprint density at radius 1 is 1.21 bits per heavy atom. The molecule has 0 aliphatic carbocycles. The molecule has 0 saturated heterocycles. The molecular weight excluding hydrogens is 380 g/mol. The maximum Gasteiger partial charge on any atom is 0.348 e. The fourth-order valence-corrected chi connectivity index (χ4v) is 3.91. The fraction of sp³-hybridized carbons (Fsp3) is 0.222. The fourth-order valence-electron chi connectivity index (χ4n) is 2.77. The molecule has 0 bridgehead atoms. The largest absolute Gasteiger partial charge is 0.465 e. The number of pyridine rings is 1. The Labute approximate surface area is 163 Å². The summed E-state index contributed by atoms with van der Waals surface area (Å²) in [6.45, 7) is 3.93. The molecule has 4 aromatic heterocycles. The molecule has 28 heavy (non-hydrogen) atoms. The predicted octanol–water partition coefficient (Wildman–Crippen LogP) is 3.15. The Kier molecular flexibility index (Phi) is 4.70. The molecule has 0 unspecified atom stereocenters. The van der Waals surface area contributed by atoms with Crippen molar-refractivity contribution in [3.05, 3.63) is 46.7 Å². The number of rotatable bonds is 5. The molecule has 9 nitrogen and oxygen atoms in total. The second-order valence-corrected chi connectivity index (χ2v) is 6.95. The smallest absolute Gasteiger partial charge is 0.348 e. The first-order chi connectivity index (χ1) is 13.6. The lowest BCUT2D eigenvalue weighted by Crippen LogP contribution is -2.05. The van der Waals surface area contributed by atoms with Crippen LogP contribution in [0.15, 0.2) is 29.0 Å². The summed E-state index contributed by atoms with van der Waals surface area (Å²) in [5.74, 6) is 1.72. The molecule has 4 rings (SSSR count). The lowest BCUT2D eigenvalue weighted by molar-refractivity contribution is 0.0605. The second kappa shape index (κ2) is 7.31. The van der Waals surface area contributed by atoms with Crippen molar-refractivity contribution in [2.75, 3.05) is 12.4 Å². The summed E-state index contributed by atoms with van der Waals surface area (Å²) in [6, 6.07) is 3.62. The van der Waals surface area contributed by atoms with Crippen LogP contribution in [0.4, 0.5) is 5.82 Å².